The van der Waals surface area contributed by atoms with Gasteiger partial charge in [-0.2, -0.15) is 0 Å². The number of anilines is 1. The first kappa shape index (κ1) is 16.1. The van der Waals surface area contributed by atoms with Crippen molar-refractivity contribution >= 4 is 35.2 Å². The van der Waals surface area contributed by atoms with Crippen LogP contribution in [0.15, 0.2) is 29.4 Å². The molecule has 1 saturated carbocycles. The van der Waals surface area contributed by atoms with Crippen LogP contribution in [0.4, 0.5) is 5.95 Å². The Morgan fingerprint density at radius 2 is 2.00 bits per heavy atom. The van der Waals surface area contributed by atoms with Gasteiger partial charge in [-0.15, -0.1) is 10.2 Å². The molecule has 0 aliphatic heterocycles. The fourth-order valence-corrected chi connectivity index (χ4v) is 3.57. The summed E-state index contributed by atoms with van der Waals surface area (Å²) in [6.45, 7) is 0. The molecule has 3 rings (SSSR count). The smallest absolute Gasteiger partial charge is 0.230 e. The zero-order chi connectivity index (χ0) is 16.2. The number of carbonyl (C=O) groups is 1. The van der Waals surface area contributed by atoms with Gasteiger partial charge in [0.2, 0.25) is 11.9 Å². The number of nitrogens with zero attached hydrogens (tertiary/aromatic N) is 3. The molecule has 0 atom stereocenters. The van der Waals surface area contributed by atoms with Crippen LogP contribution in [0.25, 0.3) is 5.69 Å². The minimum atomic E-state index is 0.0196. The maximum atomic E-state index is 12.0. The predicted octanol–water partition coefficient (Wildman–Crippen LogP) is 2.65. The number of thioether (sulfide) groups is 1. The van der Waals surface area contributed by atoms with Gasteiger partial charge in [0.1, 0.15) is 0 Å². The van der Waals surface area contributed by atoms with Gasteiger partial charge in [-0.25, -0.2) is 0 Å². The third kappa shape index (κ3) is 3.97. The maximum absolute atomic E-state index is 12.0. The van der Waals surface area contributed by atoms with E-state index in [2.05, 4.69) is 15.5 Å². The molecule has 0 bridgehead atoms. The maximum Gasteiger partial charge on any atom is 0.230 e. The molecule has 1 amide bonds. The number of nitrogens with two attached hydrogens (primary N) is 1. The van der Waals surface area contributed by atoms with Crippen LogP contribution < -0.4 is 11.1 Å². The second-order valence-corrected chi connectivity index (χ2v) is 6.87. The quantitative estimate of drug-likeness (QED) is 0.809. The Bertz CT molecular complexity index is 682. The van der Waals surface area contributed by atoms with Crippen LogP contribution in [0.1, 0.15) is 25.7 Å². The van der Waals surface area contributed by atoms with Gasteiger partial charge in [-0.3, -0.25) is 9.36 Å². The number of nitrogens with one attached hydrogen (secondary N) is 1. The summed E-state index contributed by atoms with van der Waals surface area (Å²) in [5.74, 6) is 0.597. The van der Waals surface area contributed by atoms with Crippen molar-refractivity contribution in [1.29, 1.82) is 0 Å². The standard InChI is InChI=1S/C15H18ClN5OS/c16-10-5-7-12(8-6-10)21-14(17)19-20-15(21)23-9-13(22)18-11-3-1-2-4-11/h5-8,11H,1-4,9H2,(H2,17,19)(H,18,22). The summed E-state index contributed by atoms with van der Waals surface area (Å²) in [7, 11) is 0. The molecule has 0 spiro atoms. The lowest BCUT2D eigenvalue weighted by molar-refractivity contribution is -0.119. The second-order valence-electron chi connectivity index (χ2n) is 5.49. The molecule has 122 valence electrons. The third-order valence-electron chi connectivity index (χ3n) is 3.80. The van der Waals surface area contributed by atoms with Gasteiger partial charge in [0.15, 0.2) is 5.16 Å². The summed E-state index contributed by atoms with van der Waals surface area (Å²) in [5.41, 5.74) is 6.71. The van der Waals surface area contributed by atoms with E-state index in [-0.39, 0.29) is 11.9 Å². The molecule has 1 aromatic heterocycles. The number of carbonyl (C=O) groups excluding carboxylic acids is 1. The van der Waals surface area contributed by atoms with E-state index in [1.807, 2.05) is 12.1 Å². The lowest BCUT2D eigenvalue weighted by Crippen LogP contribution is -2.33. The average molecular weight is 352 g/mol. The Hall–Kier alpha value is -1.73. The van der Waals surface area contributed by atoms with Crippen LogP contribution >= 0.6 is 23.4 Å². The van der Waals surface area contributed by atoms with Gasteiger partial charge in [-0.05, 0) is 37.1 Å². The van der Waals surface area contributed by atoms with E-state index in [4.69, 9.17) is 17.3 Å². The summed E-state index contributed by atoms with van der Waals surface area (Å²) in [6, 6.07) is 7.55. The van der Waals surface area contributed by atoms with Crippen molar-refractivity contribution in [3.63, 3.8) is 0 Å². The molecule has 0 saturated heterocycles. The zero-order valence-corrected chi connectivity index (χ0v) is 14.1. The number of halogens is 1. The fraction of sp³-hybridized carbons (Fsp3) is 0.400. The van der Waals surface area contributed by atoms with Crippen molar-refractivity contribution in [2.45, 2.75) is 36.9 Å². The van der Waals surface area contributed by atoms with Crippen LogP contribution in [0.2, 0.25) is 5.02 Å². The van der Waals surface area contributed by atoms with Crippen molar-refractivity contribution in [3.8, 4) is 5.69 Å². The van der Waals surface area contributed by atoms with Gasteiger partial charge in [0.05, 0.1) is 11.4 Å². The molecular weight excluding hydrogens is 334 g/mol. The van der Waals surface area contributed by atoms with E-state index in [1.54, 1.807) is 16.7 Å². The fourth-order valence-electron chi connectivity index (χ4n) is 2.68. The molecule has 0 unspecified atom stereocenters. The van der Waals surface area contributed by atoms with E-state index in [9.17, 15) is 4.79 Å². The number of amides is 1. The Morgan fingerprint density at radius 1 is 1.30 bits per heavy atom. The number of aromatic nitrogens is 3. The molecule has 1 heterocycles. The van der Waals surface area contributed by atoms with Crippen LogP contribution in [0.5, 0.6) is 0 Å². The first-order valence-electron chi connectivity index (χ1n) is 7.52. The topological polar surface area (TPSA) is 85.8 Å². The molecule has 1 fully saturated rings. The van der Waals surface area contributed by atoms with Gasteiger partial charge in [0, 0.05) is 11.1 Å². The monoisotopic (exact) mass is 351 g/mol. The molecule has 23 heavy (non-hydrogen) atoms. The van der Waals surface area contributed by atoms with Gasteiger partial charge < -0.3 is 11.1 Å². The summed E-state index contributed by atoms with van der Waals surface area (Å²) in [4.78, 5) is 12.0. The SMILES string of the molecule is Nc1nnc(SCC(=O)NC2CCCC2)n1-c1ccc(Cl)cc1. The van der Waals surface area contributed by atoms with E-state index in [0.717, 1.165) is 18.5 Å². The lowest BCUT2D eigenvalue weighted by atomic mass is 10.2. The second kappa shape index (κ2) is 7.23. The van der Waals surface area contributed by atoms with Crippen molar-refractivity contribution in [2.24, 2.45) is 0 Å². The minimum absolute atomic E-state index is 0.0196. The highest BCUT2D eigenvalue weighted by atomic mass is 35.5. The molecule has 1 aliphatic rings. The lowest BCUT2D eigenvalue weighted by Gasteiger charge is -2.12. The molecule has 1 aliphatic carbocycles. The Kier molecular flexibility index (Phi) is 5.07. The molecule has 0 radical (unpaired) electrons. The Balaban J connectivity index is 1.66. The van der Waals surface area contributed by atoms with E-state index in [1.165, 1.54) is 24.6 Å². The van der Waals surface area contributed by atoms with Gasteiger partial charge in [0.25, 0.3) is 0 Å². The highest BCUT2D eigenvalue weighted by Crippen LogP contribution is 2.24. The molecule has 3 N–H and O–H groups in total. The first-order valence-corrected chi connectivity index (χ1v) is 8.89. The normalized spacial score (nSPS) is 15.0. The number of hydrogen-bond acceptors (Lipinski definition) is 5. The molecular formula is C15H18ClN5OS. The average Bonchev–Trinajstić information content (AvgIpc) is 3.16. The highest BCUT2D eigenvalue weighted by Gasteiger charge is 2.18. The number of benzene rings is 1. The molecule has 6 nitrogen and oxygen atoms in total. The largest absolute Gasteiger partial charge is 0.368 e. The van der Waals surface area contributed by atoms with Gasteiger partial charge in [-0.1, -0.05) is 36.2 Å². The summed E-state index contributed by atoms with van der Waals surface area (Å²) in [6.07, 6.45) is 4.54. The van der Waals surface area contributed by atoms with Crippen molar-refractivity contribution in [2.75, 3.05) is 11.5 Å². The molecule has 8 heteroatoms. The first-order chi connectivity index (χ1) is 11.1. The van der Waals surface area contributed by atoms with Crippen LogP contribution in [-0.4, -0.2) is 32.5 Å². The number of nitrogen functional groups attached to an aromatic ring is 1. The van der Waals surface area contributed by atoms with E-state index >= 15 is 0 Å². The van der Waals surface area contributed by atoms with Crippen LogP contribution in [0.3, 0.4) is 0 Å². The van der Waals surface area contributed by atoms with Crippen molar-refractivity contribution < 1.29 is 4.79 Å². The molecule has 1 aromatic carbocycles. The Labute approximate surface area is 143 Å². The molecule has 2 aromatic rings. The summed E-state index contributed by atoms with van der Waals surface area (Å²) in [5, 5.41) is 12.2. The third-order valence-corrected chi connectivity index (χ3v) is 4.98. The minimum Gasteiger partial charge on any atom is -0.368 e. The predicted molar refractivity (Wildman–Crippen MR) is 91.9 cm³/mol. The van der Waals surface area contributed by atoms with Crippen LogP contribution in [0, 0.1) is 0 Å². The number of hydrogen-bond donors (Lipinski definition) is 2. The summed E-state index contributed by atoms with van der Waals surface area (Å²) >= 11 is 7.23. The van der Waals surface area contributed by atoms with Crippen LogP contribution in [-0.2, 0) is 4.79 Å². The van der Waals surface area contributed by atoms with Crippen molar-refractivity contribution in [1.82, 2.24) is 20.1 Å². The number of rotatable bonds is 5. The van der Waals surface area contributed by atoms with E-state index in [0.29, 0.717) is 22.0 Å². The van der Waals surface area contributed by atoms with E-state index < -0.39 is 0 Å². The highest BCUT2D eigenvalue weighted by molar-refractivity contribution is 7.99. The van der Waals surface area contributed by atoms with Crippen molar-refractivity contribution in [3.05, 3.63) is 29.3 Å². The zero-order valence-electron chi connectivity index (χ0n) is 12.5. The summed E-state index contributed by atoms with van der Waals surface area (Å²) < 4.78 is 1.71. The van der Waals surface area contributed by atoms with Gasteiger partial charge >= 0.3 is 0 Å². The Morgan fingerprint density at radius 3 is 2.70 bits per heavy atom.